The zero-order valence-corrected chi connectivity index (χ0v) is 24.9. The fourth-order valence-corrected chi connectivity index (χ4v) is 6.04. The summed E-state index contributed by atoms with van der Waals surface area (Å²) in [6.45, 7) is 7.08. The van der Waals surface area contributed by atoms with Gasteiger partial charge in [0.25, 0.3) is 0 Å². The highest BCUT2D eigenvalue weighted by atomic mass is 16.5. The van der Waals surface area contributed by atoms with Crippen LogP contribution in [0.4, 0.5) is 0 Å². The zero-order chi connectivity index (χ0) is 29.3. The van der Waals surface area contributed by atoms with E-state index in [-0.39, 0.29) is 6.04 Å². The van der Waals surface area contributed by atoms with Gasteiger partial charge in [-0.05, 0) is 58.5 Å². The molecule has 0 radical (unpaired) electrons. The van der Waals surface area contributed by atoms with Gasteiger partial charge in [0.15, 0.2) is 0 Å². The molecule has 0 bridgehead atoms. The van der Waals surface area contributed by atoms with Crippen LogP contribution in [0, 0.1) is 0 Å². The molecule has 43 heavy (non-hydrogen) atoms. The van der Waals surface area contributed by atoms with Crippen molar-refractivity contribution in [2.75, 3.05) is 32.8 Å². The van der Waals surface area contributed by atoms with E-state index in [4.69, 9.17) is 4.74 Å². The molecule has 216 valence electrons. The van der Waals surface area contributed by atoms with Crippen molar-refractivity contribution in [3.8, 4) is 5.75 Å². The molecule has 3 heteroatoms. The molecule has 1 atom stereocenters. The lowest BCUT2D eigenvalue weighted by Crippen LogP contribution is -2.51. The fourth-order valence-electron chi connectivity index (χ4n) is 6.04. The van der Waals surface area contributed by atoms with Crippen LogP contribution in [-0.2, 0) is 0 Å². The Morgan fingerprint density at radius 3 is 1.60 bits per heavy atom. The maximum atomic E-state index is 6.32. The standard InChI is InChI=1S/C40H40N2O/c1-32(41-26-28-42(29-27-41)40(36-18-10-4-11-19-36)37-20-12-5-13-21-37)31-43-38-24-22-35(23-25-38)39(34-16-8-3-9-17-34)30-33-14-6-2-7-15-33/h2-25,30,32,40H,26-29,31H2,1H3. The van der Waals surface area contributed by atoms with Crippen LogP contribution < -0.4 is 4.74 Å². The summed E-state index contributed by atoms with van der Waals surface area (Å²) in [6.07, 6.45) is 2.26. The molecule has 0 N–H and O–H groups in total. The molecule has 0 aromatic heterocycles. The van der Waals surface area contributed by atoms with E-state index in [0.29, 0.717) is 12.6 Å². The van der Waals surface area contributed by atoms with E-state index in [1.54, 1.807) is 0 Å². The van der Waals surface area contributed by atoms with Gasteiger partial charge in [-0.3, -0.25) is 9.80 Å². The van der Waals surface area contributed by atoms with Gasteiger partial charge >= 0.3 is 0 Å². The maximum Gasteiger partial charge on any atom is 0.119 e. The highest BCUT2D eigenvalue weighted by Crippen LogP contribution is 2.30. The monoisotopic (exact) mass is 564 g/mol. The van der Waals surface area contributed by atoms with Gasteiger partial charge in [-0.15, -0.1) is 0 Å². The lowest BCUT2D eigenvalue weighted by atomic mass is 9.95. The van der Waals surface area contributed by atoms with E-state index in [2.05, 4.69) is 168 Å². The molecule has 1 unspecified atom stereocenters. The zero-order valence-electron chi connectivity index (χ0n) is 24.9. The first-order valence-electron chi connectivity index (χ1n) is 15.4. The molecular weight excluding hydrogens is 524 g/mol. The molecule has 1 aliphatic rings. The molecule has 1 fully saturated rings. The van der Waals surface area contributed by atoms with Crippen LogP contribution in [0.3, 0.4) is 0 Å². The van der Waals surface area contributed by atoms with Crippen molar-refractivity contribution >= 4 is 11.6 Å². The third kappa shape index (κ3) is 7.32. The highest BCUT2D eigenvalue weighted by molar-refractivity contribution is 5.91. The average molecular weight is 565 g/mol. The Labute approximate surface area is 256 Å². The molecule has 0 saturated carbocycles. The van der Waals surface area contributed by atoms with Crippen LogP contribution >= 0.6 is 0 Å². The van der Waals surface area contributed by atoms with Crippen molar-refractivity contribution in [1.29, 1.82) is 0 Å². The first-order valence-corrected chi connectivity index (χ1v) is 15.4. The third-order valence-corrected chi connectivity index (χ3v) is 8.42. The van der Waals surface area contributed by atoms with Gasteiger partial charge in [0.05, 0.1) is 6.04 Å². The van der Waals surface area contributed by atoms with Crippen LogP contribution in [0.1, 0.15) is 40.8 Å². The molecule has 0 amide bonds. The molecule has 1 saturated heterocycles. The molecule has 1 aliphatic heterocycles. The molecule has 6 rings (SSSR count). The summed E-state index contributed by atoms with van der Waals surface area (Å²) in [5.41, 5.74) is 7.49. The number of nitrogens with zero attached hydrogens (tertiary/aromatic N) is 2. The minimum atomic E-state index is 0.284. The Bertz CT molecular complexity index is 1520. The summed E-state index contributed by atoms with van der Waals surface area (Å²) in [5, 5.41) is 0. The van der Waals surface area contributed by atoms with Crippen LogP contribution in [-0.4, -0.2) is 48.6 Å². The molecule has 1 heterocycles. The smallest absolute Gasteiger partial charge is 0.119 e. The normalized spacial score (nSPS) is 15.3. The number of hydrogen-bond donors (Lipinski definition) is 0. The Balaban J connectivity index is 1.08. The lowest BCUT2D eigenvalue weighted by Gasteiger charge is -2.41. The largest absolute Gasteiger partial charge is 0.492 e. The van der Waals surface area contributed by atoms with Crippen molar-refractivity contribution in [3.63, 3.8) is 0 Å². The van der Waals surface area contributed by atoms with Crippen LogP contribution in [0.25, 0.3) is 11.6 Å². The number of rotatable bonds is 10. The molecule has 5 aromatic carbocycles. The molecule has 5 aromatic rings. The van der Waals surface area contributed by atoms with E-state index in [1.807, 2.05) is 0 Å². The quantitative estimate of drug-likeness (QED) is 0.158. The second-order valence-corrected chi connectivity index (χ2v) is 11.3. The lowest BCUT2D eigenvalue weighted by molar-refractivity contribution is 0.0654. The average Bonchev–Trinajstić information content (AvgIpc) is 3.09. The molecule has 3 nitrogen and oxygen atoms in total. The topological polar surface area (TPSA) is 15.7 Å². The number of benzene rings is 5. The van der Waals surface area contributed by atoms with Crippen molar-refractivity contribution in [3.05, 3.63) is 173 Å². The van der Waals surface area contributed by atoms with E-state index in [1.165, 1.54) is 33.4 Å². The second-order valence-electron chi connectivity index (χ2n) is 11.3. The van der Waals surface area contributed by atoms with Crippen LogP contribution in [0.2, 0.25) is 0 Å². The van der Waals surface area contributed by atoms with Gasteiger partial charge in [0.2, 0.25) is 0 Å². The van der Waals surface area contributed by atoms with Crippen molar-refractivity contribution in [2.24, 2.45) is 0 Å². The summed E-state index contributed by atoms with van der Waals surface area (Å²) in [7, 11) is 0. The number of ether oxygens (including phenoxy) is 1. The van der Waals surface area contributed by atoms with Gasteiger partial charge in [-0.2, -0.15) is 0 Å². The fraction of sp³-hybridized carbons (Fsp3) is 0.200. The van der Waals surface area contributed by atoms with Crippen LogP contribution in [0.15, 0.2) is 146 Å². The van der Waals surface area contributed by atoms with E-state index in [9.17, 15) is 0 Å². The van der Waals surface area contributed by atoms with Gasteiger partial charge in [0, 0.05) is 32.2 Å². The van der Waals surface area contributed by atoms with Crippen LogP contribution in [0.5, 0.6) is 5.75 Å². The van der Waals surface area contributed by atoms with Gasteiger partial charge in [0.1, 0.15) is 12.4 Å². The Hall–Kier alpha value is -4.44. The SMILES string of the molecule is CC(COc1ccc(C(=Cc2ccccc2)c2ccccc2)cc1)N1CCN(C(c2ccccc2)c2ccccc2)CC1. The minimum Gasteiger partial charge on any atom is -0.492 e. The Morgan fingerprint density at radius 1 is 0.581 bits per heavy atom. The summed E-state index contributed by atoms with van der Waals surface area (Å²) in [4.78, 5) is 5.19. The summed E-state index contributed by atoms with van der Waals surface area (Å²) in [5.74, 6) is 0.912. The maximum absolute atomic E-state index is 6.32. The Kier molecular flexibility index (Phi) is 9.44. The number of hydrogen-bond acceptors (Lipinski definition) is 3. The first kappa shape index (κ1) is 28.7. The van der Waals surface area contributed by atoms with E-state index < -0.39 is 0 Å². The van der Waals surface area contributed by atoms with E-state index in [0.717, 1.165) is 31.9 Å². The molecular formula is C40H40N2O. The summed E-state index contributed by atoms with van der Waals surface area (Å²) in [6, 6.07) is 52.1. The summed E-state index contributed by atoms with van der Waals surface area (Å²) >= 11 is 0. The van der Waals surface area contributed by atoms with Crippen molar-refractivity contribution < 1.29 is 4.74 Å². The third-order valence-electron chi connectivity index (χ3n) is 8.42. The van der Waals surface area contributed by atoms with Gasteiger partial charge in [-0.25, -0.2) is 0 Å². The van der Waals surface area contributed by atoms with Gasteiger partial charge < -0.3 is 4.74 Å². The minimum absolute atomic E-state index is 0.284. The molecule has 0 aliphatic carbocycles. The van der Waals surface area contributed by atoms with E-state index >= 15 is 0 Å². The Morgan fingerprint density at radius 2 is 1.05 bits per heavy atom. The predicted octanol–water partition coefficient (Wildman–Crippen LogP) is 8.45. The van der Waals surface area contributed by atoms with Crippen molar-refractivity contribution in [1.82, 2.24) is 9.80 Å². The summed E-state index contributed by atoms with van der Waals surface area (Å²) < 4.78 is 6.32. The van der Waals surface area contributed by atoms with Gasteiger partial charge in [-0.1, -0.05) is 133 Å². The number of piperazine rings is 1. The predicted molar refractivity (Wildman–Crippen MR) is 179 cm³/mol. The second kappa shape index (κ2) is 14.2. The van der Waals surface area contributed by atoms with Crippen molar-refractivity contribution in [2.45, 2.75) is 19.0 Å². The molecule has 0 spiro atoms. The highest BCUT2D eigenvalue weighted by Gasteiger charge is 2.28. The first-order chi connectivity index (χ1) is 21.2.